The number of rotatable bonds is 3. The van der Waals surface area contributed by atoms with Crippen molar-refractivity contribution in [1.82, 2.24) is 10.3 Å². The minimum Gasteiger partial charge on any atom is -0.309 e. The molecule has 0 aliphatic heterocycles. The third kappa shape index (κ3) is 2.59. The van der Waals surface area contributed by atoms with Crippen molar-refractivity contribution in [3.8, 4) is 0 Å². The molecule has 3 aromatic rings. The van der Waals surface area contributed by atoms with Crippen LogP contribution in [0.3, 0.4) is 0 Å². The van der Waals surface area contributed by atoms with E-state index < -0.39 is 17.7 Å². The van der Waals surface area contributed by atoms with Crippen molar-refractivity contribution < 1.29 is 8.78 Å². The van der Waals surface area contributed by atoms with Crippen LogP contribution in [0.4, 0.5) is 8.78 Å². The third-order valence-corrected chi connectivity index (χ3v) is 4.78. The van der Waals surface area contributed by atoms with E-state index in [-0.39, 0.29) is 10.0 Å². The van der Waals surface area contributed by atoms with Gasteiger partial charge in [-0.3, -0.25) is 4.98 Å². The number of pyridine rings is 1. The Morgan fingerprint density at radius 2 is 2.10 bits per heavy atom. The van der Waals surface area contributed by atoms with Crippen LogP contribution in [0, 0.1) is 11.6 Å². The zero-order chi connectivity index (χ0) is 15.0. The van der Waals surface area contributed by atoms with Crippen molar-refractivity contribution in [2.24, 2.45) is 0 Å². The SMILES string of the molecule is CNC(c1cnc2ccsc2c1)c1c(F)ccc(Br)c1F. The van der Waals surface area contributed by atoms with Gasteiger partial charge in [-0.15, -0.1) is 11.3 Å². The van der Waals surface area contributed by atoms with E-state index in [0.717, 1.165) is 15.8 Å². The Balaban J connectivity index is 2.15. The second-order valence-electron chi connectivity index (χ2n) is 4.55. The van der Waals surface area contributed by atoms with Gasteiger partial charge in [-0.05, 0) is 58.2 Å². The van der Waals surface area contributed by atoms with Gasteiger partial charge in [-0.2, -0.15) is 0 Å². The molecule has 0 spiro atoms. The fourth-order valence-electron chi connectivity index (χ4n) is 2.30. The quantitative estimate of drug-likeness (QED) is 0.680. The topological polar surface area (TPSA) is 24.9 Å². The van der Waals surface area contributed by atoms with Crippen LogP contribution in [-0.2, 0) is 0 Å². The highest BCUT2D eigenvalue weighted by Crippen LogP contribution is 2.32. The van der Waals surface area contributed by atoms with Crippen LogP contribution in [-0.4, -0.2) is 12.0 Å². The molecule has 0 saturated heterocycles. The molecular weight excluding hydrogens is 358 g/mol. The predicted molar refractivity (Wildman–Crippen MR) is 84.6 cm³/mol. The Morgan fingerprint density at radius 1 is 1.29 bits per heavy atom. The minimum absolute atomic E-state index is 0.00965. The number of hydrogen-bond acceptors (Lipinski definition) is 3. The Morgan fingerprint density at radius 3 is 2.86 bits per heavy atom. The fourth-order valence-corrected chi connectivity index (χ4v) is 3.44. The van der Waals surface area contributed by atoms with Crippen LogP contribution in [0.15, 0.2) is 40.3 Å². The van der Waals surface area contributed by atoms with Crippen LogP contribution in [0.1, 0.15) is 17.2 Å². The summed E-state index contributed by atoms with van der Waals surface area (Å²) in [6.45, 7) is 0. The van der Waals surface area contributed by atoms with Crippen LogP contribution in [0.2, 0.25) is 0 Å². The molecule has 0 aliphatic rings. The summed E-state index contributed by atoms with van der Waals surface area (Å²) in [6, 6.07) is 5.85. The lowest BCUT2D eigenvalue weighted by molar-refractivity contribution is 0.518. The first-order valence-electron chi connectivity index (χ1n) is 6.25. The Kier molecular flexibility index (Phi) is 4.01. The molecule has 1 aromatic carbocycles. The summed E-state index contributed by atoms with van der Waals surface area (Å²) in [5, 5.41) is 4.90. The van der Waals surface area contributed by atoms with Gasteiger partial charge in [0.1, 0.15) is 11.6 Å². The van der Waals surface area contributed by atoms with E-state index in [4.69, 9.17) is 0 Å². The van der Waals surface area contributed by atoms with Gasteiger partial charge in [0.2, 0.25) is 0 Å². The van der Waals surface area contributed by atoms with Crippen LogP contribution in [0.5, 0.6) is 0 Å². The zero-order valence-corrected chi connectivity index (χ0v) is 13.4. The van der Waals surface area contributed by atoms with Gasteiger partial charge in [0.05, 0.1) is 20.7 Å². The van der Waals surface area contributed by atoms with Crippen molar-refractivity contribution in [3.05, 3.63) is 63.1 Å². The van der Waals surface area contributed by atoms with E-state index in [0.29, 0.717) is 0 Å². The molecule has 21 heavy (non-hydrogen) atoms. The summed E-state index contributed by atoms with van der Waals surface area (Å²) in [5.41, 5.74) is 1.60. The van der Waals surface area contributed by atoms with Gasteiger partial charge >= 0.3 is 0 Å². The van der Waals surface area contributed by atoms with Crippen LogP contribution in [0.25, 0.3) is 10.2 Å². The first kappa shape index (κ1) is 14.6. The molecular formula is C15H11BrF2N2S. The molecule has 0 radical (unpaired) electrons. The molecule has 6 heteroatoms. The number of hydrogen-bond donors (Lipinski definition) is 1. The van der Waals surface area contributed by atoms with E-state index in [1.807, 2.05) is 17.5 Å². The summed E-state index contributed by atoms with van der Waals surface area (Å²) in [5.74, 6) is -1.18. The predicted octanol–water partition coefficient (Wildman–Crippen LogP) is 4.65. The van der Waals surface area contributed by atoms with Gasteiger partial charge < -0.3 is 5.32 Å². The molecule has 0 saturated carbocycles. The smallest absolute Gasteiger partial charge is 0.145 e. The highest BCUT2D eigenvalue weighted by Gasteiger charge is 2.23. The lowest BCUT2D eigenvalue weighted by Crippen LogP contribution is -2.20. The Hall–Kier alpha value is -1.37. The molecule has 108 valence electrons. The maximum Gasteiger partial charge on any atom is 0.145 e. The van der Waals surface area contributed by atoms with Gasteiger partial charge in [0.15, 0.2) is 0 Å². The summed E-state index contributed by atoms with van der Waals surface area (Å²) in [6.07, 6.45) is 1.65. The minimum atomic E-state index is -0.597. The highest BCUT2D eigenvalue weighted by molar-refractivity contribution is 9.10. The lowest BCUT2D eigenvalue weighted by Gasteiger charge is -2.19. The van der Waals surface area contributed by atoms with E-state index in [1.165, 1.54) is 12.1 Å². The van der Waals surface area contributed by atoms with Crippen molar-refractivity contribution >= 4 is 37.5 Å². The summed E-state index contributed by atoms with van der Waals surface area (Å²) < 4.78 is 29.6. The number of nitrogens with zero attached hydrogens (tertiary/aromatic N) is 1. The van der Waals surface area contributed by atoms with Crippen molar-refractivity contribution in [3.63, 3.8) is 0 Å². The fraction of sp³-hybridized carbons (Fsp3) is 0.133. The monoisotopic (exact) mass is 368 g/mol. The molecule has 0 bridgehead atoms. The first-order chi connectivity index (χ1) is 10.1. The summed E-state index contributed by atoms with van der Waals surface area (Å²) in [7, 11) is 1.67. The van der Waals surface area contributed by atoms with Crippen LogP contribution >= 0.6 is 27.3 Å². The number of fused-ring (bicyclic) bond motifs is 1. The van der Waals surface area contributed by atoms with Gasteiger partial charge in [-0.25, -0.2) is 8.78 Å². The maximum atomic E-state index is 14.3. The molecule has 1 atom stereocenters. The van der Waals surface area contributed by atoms with E-state index >= 15 is 0 Å². The first-order valence-corrected chi connectivity index (χ1v) is 7.93. The molecule has 0 fully saturated rings. The average Bonchev–Trinajstić information content (AvgIpc) is 2.95. The standard InChI is InChI=1S/C15H11BrF2N2S/c1-19-15(13-10(17)3-2-9(16)14(13)18)8-6-12-11(20-7-8)4-5-21-12/h2-7,15,19H,1H3. The normalized spacial score (nSPS) is 12.8. The van der Waals surface area contributed by atoms with E-state index in [1.54, 1.807) is 24.6 Å². The number of thiophene rings is 1. The largest absolute Gasteiger partial charge is 0.309 e. The highest BCUT2D eigenvalue weighted by atomic mass is 79.9. The molecule has 1 unspecified atom stereocenters. The summed E-state index contributed by atoms with van der Waals surface area (Å²) >= 11 is 4.65. The molecule has 0 aliphatic carbocycles. The third-order valence-electron chi connectivity index (χ3n) is 3.31. The van der Waals surface area contributed by atoms with Crippen molar-refractivity contribution in [1.29, 1.82) is 0 Å². The lowest BCUT2D eigenvalue weighted by atomic mass is 9.99. The van der Waals surface area contributed by atoms with Crippen molar-refractivity contribution in [2.45, 2.75) is 6.04 Å². The molecule has 3 rings (SSSR count). The molecule has 1 N–H and O–H groups in total. The van der Waals surface area contributed by atoms with Crippen molar-refractivity contribution in [2.75, 3.05) is 7.05 Å². The van der Waals surface area contributed by atoms with Gasteiger partial charge in [0, 0.05) is 11.8 Å². The summed E-state index contributed by atoms with van der Waals surface area (Å²) in [4.78, 5) is 4.33. The molecule has 2 heterocycles. The van der Waals surface area contributed by atoms with Gasteiger partial charge in [-0.1, -0.05) is 0 Å². The van der Waals surface area contributed by atoms with Crippen LogP contribution < -0.4 is 5.32 Å². The number of aromatic nitrogens is 1. The van der Waals surface area contributed by atoms with E-state index in [2.05, 4.69) is 26.2 Å². The number of benzene rings is 1. The molecule has 2 nitrogen and oxygen atoms in total. The average molecular weight is 369 g/mol. The van der Waals surface area contributed by atoms with Gasteiger partial charge in [0.25, 0.3) is 0 Å². The Labute approximate surface area is 133 Å². The van der Waals surface area contributed by atoms with E-state index in [9.17, 15) is 8.78 Å². The second-order valence-corrected chi connectivity index (χ2v) is 6.35. The molecule has 2 aromatic heterocycles. The maximum absolute atomic E-state index is 14.3. The number of halogens is 3. The molecule has 0 amide bonds. The Bertz CT molecular complexity index is 803. The zero-order valence-electron chi connectivity index (χ0n) is 11.0. The second kappa shape index (κ2) is 5.79. The number of nitrogens with one attached hydrogen (secondary N) is 1.